The Balaban J connectivity index is 1.46. The van der Waals surface area contributed by atoms with E-state index in [9.17, 15) is 4.79 Å². The predicted octanol–water partition coefficient (Wildman–Crippen LogP) is 2.72. The molecule has 0 bridgehead atoms. The smallest absolute Gasteiger partial charge is 0.246 e. The third kappa shape index (κ3) is 3.99. The largest absolute Gasteiger partial charge is 0.365 e. The van der Waals surface area contributed by atoms with Gasteiger partial charge in [0.05, 0.1) is 0 Å². The van der Waals surface area contributed by atoms with Crippen LogP contribution >= 0.6 is 0 Å². The number of anilines is 3. The summed E-state index contributed by atoms with van der Waals surface area (Å²) < 4.78 is 0. The average Bonchev–Trinajstić information content (AvgIpc) is 3.18. The number of benzene rings is 1. The zero-order valence-electron chi connectivity index (χ0n) is 16.2. The van der Waals surface area contributed by atoms with Crippen LogP contribution in [0.25, 0.3) is 0 Å². The van der Waals surface area contributed by atoms with Crippen LogP contribution in [0.2, 0.25) is 0 Å². The molecule has 7 heteroatoms. The molecule has 3 heterocycles. The summed E-state index contributed by atoms with van der Waals surface area (Å²) in [6.45, 7) is 8.85. The van der Waals surface area contributed by atoms with Crippen molar-refractivity contribution in [2.24, 2.45) is 0 Å². The molecule has 2 aliphatic rings. The molecule has 146 valence electrons. The lowest BCUT2D eigenvalue weighted by Crippen LogP contribution is -2.44. The molecule has 1 amide bonds. The molecule has 1 saturated heterocycles. The van der Waals surface area contributed by atoms with Crippen molar-refractivity contribution >= 4 is 23.4 Å². The van der Waals surface area contributed by atoms with Crippen LogP contribution in [0.1, 0.15) is 29.5 Å². The van der Waals surface area contributed by atoms with E-state index in [2.05, 4.69) is 50.7 Å². The summed E-state index contributed by atoms with van der Waals surface area (Å²) in [6, 6.07) is 6.51. The monoisotopic (exact) mass is 378 g/mol. The Bertz CT molecular complexity index is 896. The SMILES string of the molecule is C=CC(=O)N1CCC[C@@H](Nc2nc(Nc3ccc4c(c3)CNC4)ncc2C)C1. The third-order valence-corrected chi connectivity index (χ3v) is 5.31. The van der Waals surface area contributed by atoms with Crippen molar-refractivity contribution in [3.63, 3.8) is 0 Å². The molecule has 0 radical (unpaired) electrons. The molecule has 1 aromatic heterocycles. The summed E-state index contributed by atoms with van der Waals surface area (Å²) in [6.07, 6.45) is 5.18. The average molecular weight is 378 g/mol. The minimum absolute atomic E-state index is 0.0145. The maximum atomic E-state index is 11.9. The number of amides is 1. The third-order valence-electron chi connectivity index (χ3n) is 5.31. The number of carbonyl (C=O) groups excluding carboxylic acids is 1. The lowest BCUT2D eigenvalue weighted by atomic mass is 10.1. The minimum atomic E-state index is -0.0145. The number of hydrogen-bond donors (Lipinski definition) is 3. The zero-order chi connectivity index (χ0) is 19.5. The molecule has 0 aliphatic carbocycles. The lowest BCUT2D eigenvalue weighted by molar-refractivity contribution is -0.127. The number of piperidine rings is 1. The fourth-order valence-corrected chi connectivity index (χ4v) is 3.77. The van der Waals surface area contributed by atoms with Gasteiger partial charge in [0.1, 0.15) is 5.82 Å². The van der Waals surface area contributed by atoms with E-state index in [1.807, 2.05) is 18.0 Å². The Labute approximate surface area is 165 Å². The number of likely N-dealkylation sites (tertiary alicyclic amines) is 1. The Morgan fingerprint density at radius 2 is 2.21 bits per heavy atom. The van der Waals surface area contributed by atoms with E-state index in [1.165, 1.54) is 17.2 Å². The summed E-state index contributed by atoms with van der Waals surface area (Å²) in [5.74, 6) is 1.35. The molecular formula is C21H26N6O. The maximum Gasteiger partial charge on any atom is 0.246 e. The van der Waals surface area contributed by atoms with E-state index in [0.717, 1.165) is 49.5 Å². The Kier molecular flexibility index (Phi) is 5.25. The van der Waals surface area contributed by atoms with Crippen LogP contribution in [0.4, 0.5) is 17.5 Å². The Morgan fingerprint density at radius 1 is 1.36 bits per heavy atom. The molecular weight excluding hydrogens is 352 g/mol. The second-order valence-corrected chi connectivity index (χ2v) is 7.41. The zero-order valence-corrected chi connectivity index (χ0v) is 16.2. The van der Waals surface area contributed by atoms with E-state index in [0.29, 0.717) is 12.5 Å². The number of aromatic nitrogens is 2. The number of fused-ring (bicyclic) bond motifs is 1. The van der Waals surface area contributed by atoms with E-state index >= 15 is 0 Å². The van der Waals surface area contributed by atoms with Crippen LogP contribution in [0, 0.1) is 6.92 Å². The standard InChI is InChI=1S/C21H26N6O/c1-3-19(28)27-8-4-5-18(13-27)24-20-14(2)10-23-21(26-20)25-17-7-6-15-11-22-12-16(15)9-17/h3,6-7,9-10,18,22H,1,4-5,8,11-13H2,2H3,(H2,23,24,25,26)/t18-/m1/s1. The van der Waals surface area contributed by atoms with Crippen molar-refractivity contribution in [2.75, 3.05) is 23.7 Å². The van der Waals surface area contributed by atoms with E-state index in [-0.39, 0.29) is 11.9 Å². The maximum absolute atomic E-state index is 11.9. The second kappa shape index (κ2) is 7.98. The first-order valence-electron chi connectivity index (χ1n) is 9.73. The van der Waals surface area contributed by atoms with Gasteiger partial charge >= 0.3 is 0 Å². The number of nitrogens with one attached hydrogen (secondary N) is 3. The van der Waals surface area contributed by atoms with Crippen molar-refractivity contribution < 1.29 is 4.79 Å². The number of rotatable bonds is 5. The molecule has 2 aliphatic heterocycles. The van der Waals surface area contributed by atoms with Gasteiger partial charge < -0.3 is 20.9 Å². The number of aryl methyl sites for hydroxylation is 1. The lowest BCUT2D eigenvalue weighted by Gasteiger charge is -2.33. The quantitative estimate of drug-likeness (QED) is 0.694. The normalized spacial score (nSPS) is 18.5. The van der Waals surface area contributed by atoms with Gasteiger partial charge in [-0.15, -0.1) is 0 Å². The predicted molar refractivity (Wildman–Crippen MR) is 110 cm³/mol. The summed E-state index contributed by atoms with van der Waals surface area (Å²) >= 11 is 0. The summed E-state index contributed by atoms with van der Waals surface area (Å²) in [7, 11) is 0. The second-order valence-electron chi connectivity index (χ2n) is 7.41. The highest BCUT2D eigenvalue weighted by Crippen LogP contribution is 2.23. The molecule has 1 fully saturated rings. The van der Waals surface area contributed by atoms with Gasteiger partial charge in [-0.25, -0.2) is 4.98 Å². The van der Waals surface area contributed by atoms with Crippen molar-refractivity contribution in [1.82, 2.24) is 20.2 Å². The fraction of sp³-hybridized carbons (Fsp3) is 0.381. The van der Waals surface area contributed by atoms with Crippen LogP contribution in [-0.2, 0) is 17.9 Å². The Hall–Kier alpha value is -2.93. The van der Waals surface area contributed by atoms with Crippen LogP contribution in [0.15, 0.2) is 37.1 Å². The van der Waals surface area contributed by atoms with Crippen molar-refractivity contribution in [1.29, 1.82) is 0 Å². The number of carbonyl (C=O) groups is 1. The molecule has 4 rings (SSSR count). The molecule has 7 nitrogen and oxygen atoms in total. The summed E-state index contributed by atoms with van der Waals surface area (Å²) in [5.41, 5.74) is 4.62. The Morgan fingerprint density at radius 3 is 3.07 bits per heavy atom. The highest BCUT2D eigenvalue weighted by atomic mass is 16.2. The molecule has 2 aromatic rings. The molecule has 0 spiro atoms. The van der Waals surface area contributed by atoms with Gasteiger partial charge in [-0.2, -0.15) is 4.98 Å². The summed E-state index contributed by atoms with van der Waals surface area (Å²) in [4.78, 5) is 22.8. The topological polar surface area (TPSA) is 82.2 Å². The first-order chi connectivity index (χ1) is 13.6. The van der Waals surface area contributed by atoms with Gasteiger partial charge in [0.2, 0.25) is 11.9 Å². The van der Waals surface area contributed by atoms with Crippen LogP contribution in [0.5, 0.6) is 0 Å². The van der Waals surface area contributed by atoms with Gasteiger partial charge in [0.25, 0.3) is 0 Å². The van der Waals surface area contributed by atoms with Gasteiger partial charge in [-0.05, 0) is 49.1 Å². The minimum Gasteiger partial charge on any atom is -0.365 e. The van der Waals surface area contributed by atoms with E-state index < -0.39 is 0 Å². The molecule has 3 N–H and O–H groups in total. The molecule has 0 saturated carbocycles. The van der Waals surface area contributed by atoms with Gasteiger partial charge in [-0.1, -0.05) is 12.6 Å². The van der Waals surface area contributed by atoms with Crippen LogP contribution < -0.4 is 16.0 Å². The molecule has 1 aromatic carbocycles. The number of hydrogen-bond acceptors (Lipinski definition) is 6. The highest BCUT2D eigenvalue weighted by molar-refractivity contribution is 5.87. The first kappa shape index (κ1) is 18.4. The van der Waals surface area contributed by atoms with Crippen LogP contribution in [0.3, 0.4) is 0 Å². The molecule has 1 atom stereocenters. The van der Waals surface area contributed by atoms with Crippen molar-refractivity contribution in [3.8, 4) is 0 Å². The van der Waals surface area contributed by atoms with Crippen molar-refractivity contribution in [3.05, 3.63) is 53.7 Å². The van der Waals surface area contributed by atoms with Gasteiger partial charge in [-0.3, -0.25) is 4.79 Å². The van der Waals surface area contributed by atoms with E-state index in [1.54, 1.807) is 0 Å². The summed E-state index contributed by atoms with van der Waals surface area (Å²) in [5, 5.41) is 10.2. The fourth-order valence-electron chi connectivity index (χ4n) is 3.77. The van der Waals surface area contributed by atoms with E-state index in [4.69, 9.17) is 0 Å². The first-order valence-corrected chi connectivity index (χ1v) is 9.73. The highest BCUT2D eigenvalue weighted by Gasteiger charge is 2.23. The van der Waals surface area contributed by atoms with Gasteiger partial charge in [0.15, 0.2) is 0 Å². The molecule has 28 heavy (non-hydrogen) atoms. The molecule has 0 unspecified atom stereocenters. The van der Waals surface area contributed by atoms with Crippen LogP contribution in [-0.4, -0.2) is 39.9 Å². The number of nitrogens with zero attached hydrogens (tertiary/aromatic N) is 3. The van der Waals surface area contributed by atoms with Crippen molar-refractivity contribution in [2.45, 2.75) is 38.9 Å². The van der Waals surface area contributed by atoms with Gasteiger partial charge in [0, 0.05) is 49.7 Å².